The molecule has 1 aliphatic carbocycles. The number of hydrogen-bond acceptors (Lipinski definition) is 9. The SMILES string of the molecule is CCCC(NC(=O)[C@@H]1CC2(CN1C(=O)C(NC(=O)OCC(C)C)C1CCCCC1)SCCS2)C(=O)C(=O)NCC(=O)O. The molecule has 1 spiro atoms. The molecule has 2 heterocycles. The van der Waals surface area contributed by atoms with E-state index < -0.39 is 54.3 Å². The van der Waals surface area contributed by atoms with E-state index in [1.54, 1.807) is 35.3 Å². The minimum Gasteiger partial charge on any atom is -0.480 e. The number of alkyl carbamates (subject to hydrolysis) is 1. The van der Waals surface area contributed by atoms with E-state index in [4.69, 9.17) is 9.84 Å². The van der Waals surface area contributed by atoms with Crippen molar-refractivity contribution in [2.24, 2.45) is 11.8 Å². The Morgan fingerprint density at radius 1 is 1.02 bits per heavy atom. The standard InChI is InChI=1S/C28H44N4O8S2/c1-4-8-19(23(35)25(37)29-14-21(33)34)30-24(36)20-13-28(41-11-12-42-28)16-32(20)26(38)22(18-9-6-5-7-10-18)31-27(39)40-15-17(2)3/h17-20,22H,4-16H2,1-3H3,(H,29,37)(H,30,36)(H,31,39)(H,33,34)/t19?,20-,22?/m0/s1. The molecule has 3 atom stereocenters. The number of likely N-dealkylation sites (tertiary alicyclic amines) is 1. The minimum absolute atomic E-state index is 0.0886. The second-order valence-corrected chi connectivity index (χ2v) is 14.8. The molecule has 42 heavy (non-hydrogen) atoms. The number of hydrogen-bond donors (Lipinski definition) is 4. The van der Waals surface area contributed by atoms with Crippen LogP contribution >= 0.6 is 23.5 Å². The third-order valence-corrected chi connectivity index (χ3v) is 11.2. The normalized spacial score (nSPS) is 21.5. The predicted molar refractivity (Wildman–Crippen MR) is 160 cm³/mol. The Morgan fingerprint density at radius 3 is 2.29 bits per heavy atom. The summed E-state index contributed by atoms with van der Waals surface area (Å²) in [5.74, 6) is -2.39. The van der Waals surface area contributed by atoms with Crippen molar-refractivity contribution in [2.75, 3.05) is 31.2 Å². The Bertz CT molecular complexity index is 1010. The zero-order valence-electron chi connectivity index (χ0n) is 24.6. The van der Waals surface area contributed by atoms with Crippen LogP contribution in [0.3, 0.4) is 0 Å². The van der Waals surface area contributed by atoms with E-state index in [1.165, 1.54) is 0 Å². The summed E-state index contributed by atoms with van der Waals surface area (Å²) in [6, 6.07) is -2.90. The van der Waals surface area contributed by atoms with Crippen LogP contribution < -0.4 is 16.0 Å². The minimum atomic E-state index is -1.29. The first-order chi connectivity index (χ1) is 20.0. The van der Waals surface area contributed by atoms with Crippen LogP contribution in [0, 0.1) is 11.8 Å². The van der Waals surface area contributed by atoms with Gasteiger partial charge in [-0.3, -0.25) is 24.0 Å². The summed E-state index contributed by atoms with van der Waals surface area (Å²) in [5, 5.41) is 16.4. The van der Waals surface area contributed by atoms with Crippen LogP contribution in [-0.4, -0.2) is 99.0 Å². The van der Waals surface area contributed by atoms with Crippen LogP contribution in [0.15, 0.2) is 0 Å². The number of rotatable bonds is 13. The first-order valence-corrected chi connectivity index (χ1v) is 16.8. The molecule has 0 aromatic carbocycles. The fraction of sp³-hybridized carbons (Fsp3) is 0.786. The Morgan fingerprint density at radius 2 is 1.69 bits per heavy atom. The predicted octanol–water partition coefficient (Wildman–Crippen LogP) is 2.15. The van der Waals surface area contributed by atoms with E-state index in [1.807, 2.05) is 13.8 Å². The Hall–Kier alpha value is -2.48. The number of carboxylic acid groups (broad SMARTS) is 1. The van der Waals surface area contributed by atoms with Gasteiger partial charge < -0.3 is 30.7 Å². The molecule has 3 rings (SSSR count). The number of aliphatic carboxylic acids is 1. The van der Waals surface area contributed by atoms with Crippen LogP contribution in [0.1, 0.15) is 72.1 Å². The first kappa shape index (κ1) is 34.0. The molecule has 0 aromatic heterocycles. The molecular formula is C28H44N4O8S2. The third kappa shape index (κ3) is 9.26. The number of Topliss-reactive ketones (excluding diaryl/α,β-unsaturated/α-hetero) is 1. The van der Waals surface area contributed by atoms with Crippen molar-refractivity contribution in [3.8, 4) is 0 Å². The summed E-state index contributed by atoms with van der Waals surface area (Å²) < 4.78 is 4.97. The summed E-state index contributed by atoms with van der Waals surface area (Å²) in [6.45, 7) is 5.47. The number of ketones is 1. The number of nitrogens with one attached hydrogen (secondary N) is 3. The number of ether oxygens (including phenoxy) is 1. The van der Waals surface area contributed by atoms with Gasteiger partial charge in [0.1, 0.15) is 18.6 Å². The van der Waals surface area contributed by atoms with Gasteiger partial charge in [-0.15, -0.1) is 23.5 Å². The van der Waals surface area contributed by atoms with E-state index >= 15 is 0 Å². The highest BCUT2D eigenvalue weighted by molar-refractivity contribution is 8.21. The van der Waals surface area contributed by atoms with E-state index in [-0.39, 0.29) is 34.8 Å². The highest BCUT2D eigenvalue weighted by atomic mass is 32.2. The van der Waals surface area contributed by atoms with Crippen molar-refractivity contribution < 1.29 is 38.6 Å². The molecule has 3 fully saturated rings. The molecule has 4 N–H and O–H groups in total. The van der Waals surface area contributed by atoms with Crippen LogP contribution in [0.2, 0.25) is 0 Å². The van der Waals surface area contributed by atoms with Gasteiger partial charge in [-0.25, -0.2) is 4.79 Å². The molecule has 4 amide bonds. The van der Waals surface area contributed by atoms with Gasteiger partial charge in [0.2, 0.25) is 17.6 Å². The third-order valence-electron chi connectivity index (χ3n) is 7.73. The smallest absolute Gasteiger partial charge is 0.407 e. The largest absolute Gasteiger partial charge is 0.480 e. The summed E-state index contributed by atoms with van der Waals surface area (Å²) in [4.78, 5) is 78.3. The van der Waals surface area contributed by atoms with Gasteiger partial charge in [0, 0.05) is 24.5 Å². The summed E-state index contributed by atoms with van der Waals surface area (Å²) in [5.41, 5.74) is 0. The van der Waals surface area contributed by atoms with Crippen LogP contribution in [0.5, 0.6) is 0 Å². The van der Waals surface area contributed by atoms with Gasteiger partial charge in [-0.1, -0.05) is 46.5 Å². The van der Waals surface area contributed by atoms with Gasteiger partial charge in [0.05, 0.1) is 16.7 Å². The number of thioether (sulfide) groups is 2. The lowest BCUT2D eigenvalue weighted by Gasteiger charge is -2.34. The molecule has 0 aromatic rings. The average Bonchev–Trinajstić information content (AvgIpc) is 3.59. The number of carbonyl (C=O) groups is 6. The number of carboxylic acids is 1. The maximum atomic E-state index is 14.2. The molecule has 2 saturated heterocycles. The number of nitrogens with zero attached hydrogens (tertiary/aromatic N) is 1. The van der Waals surface area contributed by atoms with Gasteiger partial charge in [-0.2, -0.15) is 0 Å². The molecule has 12 nitrogen and oxygen atoms in total. The van der Waals surface area contributed by atoms with Crippen molar-refractivity contribution >= 4 is 59.1 Å². The van der Waals surface area contributed by atoms with E-state index in [0.29, 0.717) is 19.4 Å². The van der Waals surface area contributed by atoms with Crippen molar-refractivity contribution in [2.45, 2.75) is 94.3 Å². The fourth-order valence-electron chi connectivity index (χ4n) is 5.68. The zero-order chi connectivity index (χ0) is 30.9. The van der Waals surface area contributed by atoms with Crippen LogP contribution in [0.25, 0.3) is 0 Å². The highest BCUT2D eigenvalue weighted by Gasteiger charge is 2.53. The molecule has 3 aliphatic rings. The van der Waals surface area contributed by atoms with Crippen molar-refractivity contribution in [1.29, 1.82) is 0 Å². The molecular weight excluding hydrogens is 584 g/mol. The molecule has 14 heteroatoms. The Kier molecular flexibility index (Phi) is 12.8. The quantitative estimate of drug-likeness (QED) is 0.222. The molecule has 1 saturated carbocycles. The summed E-state index contributed by atoms with van der Waals surface area (Å²) >= 11 is 3.41. The van der Waals surface area contributed by atoms with Gasteiger partial charge in [0.15, 0.2) is 0 Å². The van der Waals surface area contributed by atoms with Gasteiger partial charge in [0.25, 0.3) is 5.91 Å². The second-order valence-electron chi connectivity index (χ2n) is 11.6. The van der Waals surface area contributed by atoms with Crippen molar-refractivity contribution in [3.05, 3.63) is 0 Å². The molecule has 236 valence electrons. The van der Waals surface area contributed by atoms with Crippen molar-refractivity contribution in [1.82, 2.24) is 20.9 Å². The molecule has 2 unspecified atom stereocenters. The lowest BCUT2D eigenvalue weighted by molar-refractivity contribution is -0.144. The van der Waals surface area contributed by atoms with E-state index in [9.17, 15) is 28.8 Å². The maximum Gasteiger partial charge on any atom is 0.407 e. The summed E-state index contributed by atoms with van der Waals surface area (Å²) in [6.07, 6.45) is 4.88. The highest BCUT2D eigenvalue weighted by Crippen LogP contribution is 2.52. The van der Waals surface area contributed by atoms with Crippen molar-refractivity contribution in [3.63, 3.8) is 0 Å². The van der Waals surface area contributed by atoms with Gasteiger partial charge >= 0.3 is 12.1 Å². The van der Waals surface area contributed by atoms with Gasteiger partial charge in [-0.05, 0) is 31.1 Å². The lowest BCUT2D eigenvalue weighted by Crippen LogP contribution is -2.58. The number of amides is 4. The summed E-state index contributed by atoms with van der Waals surface area (Å²) in [7, 11) is 0. The Balaban J connectivity index is 1.83. The topological polar surface area (TPSA) is 171 Å². The van der Waals surface area contributed by atoms with E-state index in [0.717, 1.165) is 43.6 Å². The molecule has 0 radical (unpaired) electrons. The van der Waals surface area contributed by atoms with Crippen LogP contribution in [0.4, 0.5) is 4.79 Å². The molecule has 0 bridgehead atoms. The maximum absolute atomic E-state index is 14.2. The lowest BCUT2D eigenvalue weighted by atomic mass is 9.83. The molecule has 2 aliphatic heterocycles. The van der Waals surface area contributed by atoms with E-state index in [2.05, 4.69) is 16.0 Å². The zero-order valence-corrected chi connectivity index (χ0v) is 26.3. The fourth-order valence-corrected chi connectivity index (χ4v) is 8.93. The Labute approximate surface area is 255 Å². The average molecular weight is 629 g/mol. The van der Waals surface area contributed by atoms with Crippen LogP contribution in [-0.2, 0) is 28.7 Å². The number of carbonyl (C=O) groups excluding carboxylic acids is 5. The second kappa shape index (κ2) is 15.8. The first-order valence-electron chi connectivity index (χ1n) is 14.8. The monoisotopic (exact) mass is 628 g/mol.